The molecule has 1 N–H and O–H groups in total. The van der Waals surface area contributed by atoms with Crippen LogP contribution in [-0.2, 0) is 9.53 Å². The van der Waals surface area contributed by atoms with Crippen molar-refractivity contribution in [3.63, 3.8) is 0 Å². The predicted octanol–water partition coefficient (Wildman–Crippen LogP) is 1.63. The highest BCUT2D eigenvalue weighted by molar-refractivity contribution is 5.70. The molecule has 0 unspecified atom stereocenters. The third-order valence-electron chi connectivity index (χ3n) is 2.38. The number of carbonyl (C=O) groups excluding carboxylic acids is 1. The van der Waals surface area contributed by atoms with E-state index in [1.165, 1.54) is 0 Å². The van der Waals surface area contributed by atoms with Crippen LogP contribution in [0.4, 0.5) is 0 Å². The van der Waals surface area contributed by atoms with Crippen molar-refractivity contribution in [3.05, 3.63) is 0 Å². The van der Waals surface area contributed by atoms with Gasteiger partial charge in [-0.2, -0.15) is 0 Å². The molecule has 3 nitrogen and oxygen atoms in total. The number of aliphatic hydroxyl groups is 1. The fourth-order valence-electron chi connectivity index (χ4n) is 1.61. The van der Waals surface area contributed by atoms with Crippen LogP contribution in [0.2, 0.25) is 0 Å². The molecule has 1 aliphatic rings. The van der Waals surface area contributed by atoms with Gasteiger partial charge in [0.15, 0.2) is 0 Å². The second-order valence-electron chi connectivity index (χ2n) is 3.80. The molecule has 1 fully saturated rings. The van der Waals surface area contributed by atoms with Crippen molar-refractivity contribution in [1.82, 2.24) is 0 Å². The molecule has 3 heteroatoms. The molecular formula is C10H18O3. The van der Waals surface area contributed by atoms with Crippen LogP contribution in [-0.4, -0.2) is 23.3 Å². The minimum atomic E-state index is -0.502. The van der Waals surface area contributed by atoms with Gasteiger partial charge in [-0.25, -0.2) is 0 Å². The number of cyclic esters (lactones) is 1. The summed E-state index contributed by atoms with van der Waals surface area (Å²) < 4.78 is 5.10. The lowest BCUT2D eigenvalue weighted by Crippen LogP contribution is -2.21. The van der Waals surface area contributed by atoms with Crippen molar-refractivity contribution in [2.24, 2.45) is 0 Å². The van der Waals surface area contributed by atoms with E-state index < -0.39 is 6.10 Å². The number of esters is 1. The van der Waals surface area contributed by atoms with Crippen molar-refractivity contribution in [2.75, 3.05) is 0 Å². The number of rotatable bonds is 0. The highest BCUT2D eigenvalue weighted by Gasteiger charge is 2.16. The molecule has 1 aliphatic heterocycles. The van der Waals surface area contributed by atoms with Crippen molar-refractivity contribution in [3.8, 4) is 0 Å². The summed E-state index contributed by atoms with van der Waals surface area (Å²) in [6.07, 6.45) is 4.56. The highest BCUT2D eigenvalue weighted by atomic mass is 16.5. The zero-order valence-corrected chi connectivity index (χ0v) is 8.16. The van der Waals surface area contributed by atoms with Crippen LogP contribution in [0.5, 0.6) is 0 Å². The quantitative estimate of drug-likeness (QED) is 0.585. The maximum Gasteiger partial charge on any atom is 0.308 e. The first-order chi connectivity index (χ1) is 6.18. The molecule has 13 heavy (non-hydrogen) atoms. The van der Waals surface area contributed by atoms with Crippen molar-refractivity contribution in [2.45, 2.75) is 57.7 Å². The van der Waals surface area contributed by atoms with E-state index in [1.807, 2.05) is 6.92 Å². The van der Waals surface area contributed by atoms with Gasteiger partial charge in [0.2, 0.25) is 0 Å². The van der Waals surface area contributed by atoms with Crippen LogP contribution in [0, 0.1) is 0 Å². The Morgan fingerprint density at radius 2 is 2.00 bits per heavy atom. The van der Waals surface area contributed by atoms with Crippen molar-refractivity contribution < 1.29 is 14.6 Å². The van der Waals surface area contributed by atoms with Crippen molar-refractivity contribution in [1.29, 1.82) is 0 Å². The highest BCUT2D eigenvalue weighted by Crippen LogP contribution is 2.14. The topological polar surface area (TPSA) is 46.5 Å². The number of hydrogen-bond acceptors (Lipinski definition) is 3. The lowest BCUT2D eigenvalue weighted by atomic mass is 10.0. The van der Waals surface area contributed by atoms with Crippen LogP contribution < -0.4 is 0 Å². The van der Waals surface area contributed by atoms with E-state index in [1.54, 1.807) is 0 Å². The number of ether oxygens (including phenoxy) is 1. The van der Waals surface area contributed by atoms with Gasteiger partial charge in [-0.15, -0.1) is 0 Å². The van der Waals surface area contributed by atoms with Gasteiger partial charge >= 0.3 is 5.97 Å². The maximum absolute atomic E-state index is 11.1. The Balaban J connectivity index is 2.39. The largest absolute Gasteiger partial charge is 0.463 e. The van der Waals surface area contributed by atoms with Gasteiger partial charge in [0.25, 0.3) is 0 Å². The summed E-state index contributed by atoms with van der Waals surface area (Å²) in [6, 6.07) is 0. The van der Waals surface area contributed by atoms with Crippen LogP contribution in [0.15, 0.2) is 0 Å². The first kappa shape index (κ1) is 10.5. The smallest absolute Gasteiger partial charge is 0.308 e. The molecule has 2 atom stereocenters. The van der Waals surface area contributed by atoms with Crippen molar-refractivity contribution >= 4 is 5.97 Å². The average Bonchev–Trinajstić information content (AvgIpc) is 2.02. The lowest BCUT2D eigenvalue weighted by molar-refractivity contribution is -0.151. The molecule has 1 heterocycles. The van der Waals surface area contributed by atoms with E-state index in [4.69, 9.17) is 4.74 Å². The second kappa shape index (κ2) is 5.22. The van der Waals surface area contributed by atoms with Gasteiger partial charge < -0.3 is 9.84 Å². The van der Waals surface area contributed by atoms with Crippen LogP contribution in [0.1, 0.15) is 45.4 Å². The molecule has 0 aliphatic carbocycles. The first-order valence-corrected chi connectivity index (χ1v) is 5.06. The van der Waals surface area contributed by atoms with Gasteiger partial charge in [0.1, 0.15) is 0 Å². The van der Waals surface area contributed by atoms with E-state index in [9.17, 15) is 9.90 Å². The summed E-state index contributed by atoms with van der Waals surface area (Å²) in [4.78, 5) is 11.1. The summed E-state index contributed by atoms with van der Waals surface area (Å²) >= 11 is 0. The molecule has 0 bridgehead atoms. The van der Waals surface area contributed by atoms with Crippen LogP contribution in [0.25, 0.3) is 0 Å². The minimum absolute atomic E-state index is 0.0119. The number of aliphatic hydroxyl groups excluding tert-OH is 1. The Morgan fingerprint density at radius 1 is 1.31 bits per heavy atom. The summed E-state index contributed by atoms with van der Waals surface area (Å²) in [5.41, 5.74) is 0. The van der Waals surface area contributed by atoms with Gasteiger partial charge in [-0.1, -0.05) is 12.8 Å². The molecule has 0 aromatic carbocycles. The SMILES string of the molecule is C[C@H]1CCCCC[C@H](O)CC(=O)O1. The Bertz CT molecular complexity index is 152. The van der Waals surface area contributed by atoms with Gasteiger partial charge in [0.05, 0.1) is 18.6 Å². The Morgan fingerprint density at radius 3 is 2.77 bits per heavy atom. The van der Waals surface area contributed by atoms with E-state index >= 15 is 0 Å². The molecule has 1 saturated heterocycles. The second-order valence-corrected chi connectivity index (χ2v) is 3.80. The minimum Gasteiger partial charge on any atom is -0.463 e. The molecule has 76 valence electrons. The Kier molecular flexibility index (Phi) is 4.22. The molecule has 0 spiro atoms. The molecule has 0 amide bonds. The standard InChI is InChI=1S/C10H18O3/c1-8-5-3-2-4-6-9(11)7-10(12)13-8/h8-9,11H,2-7H2,1H3/t8-,9-/m0/s1. The third kappa shape index (κ3) is 4.27. The molecule has 1 rings (SSSR count). The van der Waals surface area contributed by atoms with Gasteiger partial charge in [-0.05, 0) is 26.2 Å². The van der Waals surface area contributed by atoms with Gasteiger partial charge in [0, 0.05) is 0 Å². The van der Waals surface area contributed by atoms with E-state index in [-0.39, 0.29) is 18.5 Å². The van der Waals surface area contributed by atoms with E-state index in [0.717, 1.165) is 32.1 Å². The number of carbonyl (C=O) groups is 1. The lowest BCUT2D eigenvalue weighted by Gasteiger charge is -2.17. The molecule has 0 aromatic rings. The first-order valence-electron chi connectivity index (χ1n) is 5.06. The zero-order valence-electron chi connectivity index (χ0n) is 8.16. The molecule has 0 aromatic heterocycles. The Hall–Kier alpha value is -0.570. The number of hydrogen-bond donors (Lipinski definition) is 1. The summed E-state index contributed by atoms with van der Waals surface area (Å²) in [5.74, 6) is -0.262. The monoisotopic (exact) mass is 186 g/mol. The fourth-order valence-corrected chi connectivity index (χ4v) is 1.61. The normalized spacial score (nSPS) is 32.3. The summed E-state index contributed by atoms with van der Waals surface area (Å²) in [6.45, 7) is 1.91. The predicted molar refractivity (Wildman–Crippen MR) is 49.3 cm³/mol. The van der Waals surface area contributed by atoms with Crippen LogP contribution >= 0.6 is 0 Å². The fraction of sp³-hybridized carbons (Fsp3) is 0.900. The molecular weight excluding hydrogens is 168 g/mol. The van der Waals surface area contributed by atoms with E-state index in [0.29, 0.717) is 0 Å². The summed E-state index contributed by atoms with van der Waals surface area (Å²) in [5, 5.41) is 9.39. The average molecular weight is 186 g/mol. The van der Waals surface area contributed by atoms with Crippen LogP contribution in [0.3, 0.4) is 0 Å². The summed E-state index contributed by atoms with van der Waals surface area (Å²) in [7, 11) is 0. The molecule has 0 radical (unpaired) electrons. The Labute approximate surface area is 79.1 Å². The van der Waals surface area contributed by atoms with Gasteiger partial charge in [-0.3, -0.25) is 4.79 Å². The maximum atomic E-state index is 11.1. The zero-order chi connectivity index (χ0) is 9.68. The third-order valence-corrected chi connectivity index (χ3v) is 2.38. The molecule has 0 saturated carbocycles. The van der Waals surface area contributed by atoms with E-state index in [2.05, 4.69) is 0 Å².